The summed E-state index contributed by atoms with van der Waals surface area (Å²) in [5.41, 5.74) is 1.62. The van der Waals surface area contributed by atoms with E-state index >= 15 is 0 Å². The lowest BCUT2D eigenvalue weighted by molar-refractivity contribution is 0.399. The number of H-pyrrole nitrogens is 1. The molecule has 0 aliphatic carbocycles. The van der Waals surface area contributed by atoms with Crippen molar-refractivity contribution in [3.8, 4) is 5.88 Å². The third-order valence-electron chi connectivity index (χ3n) is 1.92. The third-order valence-corrected chi connectivity index (χ3v) is 1.92. The Labute approximate surface area is 81.5 Å². The van der Waals surface area contributed by atoms with Crippen molar-refractivity contribution in [2.45, 2.75) is 6.54 Å². The molecule has 0 aliphatic heterocycles. The van der Waals surface area contributed by atoms with E-state index in [0.717, 1.165) is 11.3 Å². The molecule has 2 aromatic heterocycles. The van der Waals surface area contributed by atoms with Gasteiger partial charge in [0.15, 0.2) is 5.65 Å². The van der Waals surface area contributed by atoms with E-state index in [0.29, 0.717) is 18.1 Å². The first kappa shape index (κ1) is 8.96. The van der Waals surface area contributed by atoms with Gasteiger partial charge in [0.25, 0.3) is 0 Å². The van der Waals surface area contributed by atoms with Gasteiger partial charge in [0.2, 0.25) is 5.88 Å². The molecule has 2 heterocycles. The Morgan fingerprint density at radius 3 is 3.00 bits per heavy atom. The molecule has 0 amide bonds. The normalized spacial score (nSPS) is 10.7. The number of fused-ring (bicyclic) bond motifs is 1. The van der Waals surface area contributed by atoms with Gasteiger partial charge in [-0.15, -0.1) is 0 Å². The van der Waals surface area contributed by atoms with E-state index in [2.05, 4.69) is 20.3 Å². The van der Waals surface area contributed by atoms with Crippen molar-refractivity contribution in [1.29, 1.82) is 0 Å². The standard InChI is InChI=1S/C9H12N4O/c1-10-5-7-11-6-3-4-8(14-2)13-9(6)12-7/h3-4,10H,5H2,1-2H3,(H,11,12,13). The Hall–Kier alpha value is -1.62. The topological polar surface area (TPSA) is 62.8 Å². The number of rotatable bonds is 3. The number of aromatic nitrogens is 3. The van der Waals surface area contributed by atoms with Crippen LogP contribution in [0, 0.1) is 0 Å². The van der Waals surface area contributed by atoms with Crippen molar-refractivity contribution in [2.75, 3.05) is 14.2 Å². The minimum atomic E-state index is 0.583. The molecule has 74 valence electrons. The fourth-order valence-electron chi connectivity index (χ4n) is 1.29. The molecule has 5 heteroatoms. The summed E-state index contributed by atoms with van der Waals surface area (Å²) in [5.74, 6) is 1.46. The molecule has 2 aromatic rings. The van der Waals surface area contributed by atoms with Gasteiger partial charge >= 0.3 is 0 Å². The molecule has 0 unspecified atom stereocenters. The summed E-state index contributed by atoms with van der Waals surface area (Å²) in [4.78, 5) is 11.7. The van der Waals surface area contributed by atoms with Gasteiger partial charge < -0.3 is 15.0 Å². The number of nitrogens with zero attached hydrogens (tertiary/aromatic N) is 2. The highest BCUT2D eigenvalue weighted by Gasteiger charge is 2.03. The van der Waals surface area contributed by atoms with E-state index < -0.39 is 0 Å². The molecule has 0 saturated carbocycles. The molecule has 5 nitrogen and oxygen atoms in total. The maximum atomic E-state index is 5.01. The number of ether oxygens (including phenoxy) is 1. The molecule has 0 aliphatic rings. The maximum absolute atomic E-state index is 5.01. The lowest BCUT2D eigenvalue weighted by atomic mass is 10.4. The molecule has 0 saturated heterocycles. The van der Waals surface area contributed by atoms with Crippen LogP contribution in [0.2, 0.25) is 0 Å². The van der Waals surface area contributed by atoms with Crippen LogP contribution in [-0.2, 0) is 6.54 Å². The number of imidazole rings is 1. The summed E-state index contributed by atoms with van der Waals surface area (Å²) < 4.78 is 5.01. The number of hydrogen-bond acceptors (Lipinski definition) is 4. The molecule has 0 fully saturated rings. The molecule has 0 radical (unpaired) electrons. The zero-order valence-corrected chi connectivity index (χ0v) is 8.16. The summed E-state index contributed by atoms with van der Waals surface area (Å²) in [6.45, 7) is 0.707. The first-order chi connectivity index (χ1) is 6.83. The maximum Gasteiger partial charge on any atom is 0.215 e. The molecule has 2 N–H and O–H groups in total. The van der Waals surface area contributed by atoms with Gasteiger partial charge in [-0.2, -0.15) is 4.98 Å². The van der Waals surface area contributed by atoms with Crippen molar-refractivity contribution in [3.05, 3.63) is 18.0 Å². The fourth-order valence-corrected chi connectivity index (χ4v) is 1.29. The number of nitrogens with one attached hydrogen (secondary N) is 2. The zero-order valence-electron chi connectivity index (χ0n) is 8.16. The van der Waals surface area contributed by atoms with Crippen molar-refractivity contribution in [1.82, 2.24) is 20.3 Å². The van der Waals surface area contributed by atoms with Gasteiger partial charge in [0.1, 0.15) is 5.82 Å². The molecule has 0 bridgehead atoms. The van der Waals surface area contributed by atoms with Crippen LogP contribution in [0.25, 0.3) is 11.2 Å². The van der Waals surface area contributed by atoms with Crippen molar-refractivity contribution < 1.29 is 4.74 Å². The summed E-state index contributed by atoms with van der Waals surface area (Å²) in [6, 6.07) is 3.72. The number of aromatic amines is 1. The third kappa shape index (κ3) is 1.54. The highest BCUT2D eigenvalue weighted by molar-refractivity contribution is 5.71. The van der Waals surface area contributed by atoms with Crippen LogP contribution >= 0.6 is 0 Å². The van der Waals surface area contributed by atoms with Crippen LogP contribution in [0.4, 0.5) is 0 Å². The Balaban J connectivity index is 2.43. The van der Waals surface area contributed by atoms with E-state index in [1.54, 1.807) is 7.11 Å². The van der Waals surface area contributed by atoms with Crippen LogP contribution < -0.4 is 10.1 Å². The summed E-state index contributed by atoms with van der Waals surface area (Å²) in [7, 11) is 3.47. The van der Waals surface area contributed by atoms with Crippen molar-refractivity contribution >= 4 is 11.2 Å². The lowest BCUT2D eigenvalue weighted by Gasteiger charge is -1.95. The summed E-state index contributed by atoms with van der Waals surface area (Å²) in [5, 5.41) is 3.02. The largest absolute Gasteiger partial charge is 0.481 e. The van der Waals surface area contributed by atoms with Gasteiger partial charge in [0.05, 0.1) is 19.2 Å². The first-order valence-electron chi connectivity index (χ1n) is 4.37. The molecule has 0 atom stereocenters. The van der Waals surface area contributed by atoms with Crippen LogP contribution in [0.15, 0.2) is 12.1 Å². The fraction of sp³-hybridized carbons (Fsp3) is 0.333. The number of hydrogen-bond donors (Lipinski definition) is 2. The van der Waals surface area contributed by atoms with Crippen LogP contribution in [-0.4, -0.2) is 29.1 Å². The molecular weight excluding hydrogens is 180 g/mol. The Morgan fingerprint density at radius 1 is 1.43 bits per heavy atom. The first-order valence-corrected chi connectivity index (χ1v) is 4.37. The highest BCUT2D eigenvalue weighted by atomic mass is 16.5. The summed E-state index contributed by atoms with van der Waals surface area (Å²) >= 11 is 0. The van der Waals surface area contributed by atoms with E-state index in [1.165, 1.54) is 0 Å². The average Bonchev–Trinajstić information content (AvgIpc) is 2.59. The Morgan fingerprint density at radius 2 is 2.29 bits per heavy atom. The second-order valence-electron chi connectivity index (χ2n) is 2.94. The highest BCUT2D eigenvalue weighted by Crippen LogP contribution is 2.13. The minimum absolute atomic E-state index is 0.583. The quantitative estimate of drug-likeness (QED) is 0.751. The predicted octanol–water partition coefficient (Wildman–Crippen LogP) is 0.686. The van der Waals surface area contributed by atoms with Crippen LogP contribution in [0.1, 0.15) is 5.82 Å². The van der Waals surface area contributed by atoms with E-state index in [1.807, 2.05) is 19.2 Å². The molecular formula is C9H12N4O. The minimum Gasteiger partial charge on any atom is -0.481 e. The second-order valence-corrected chi connectivity index (χ2v) is 2.94. The van der Waals surface area contributed by atoms with Gasteiger partial charge in [0, 0.05) is 6.07 Å². The molecule has 0 aromatic carbocycles. The molecule has 2 rings (SSSR count). The lowest BCUT2D eigenvalue weighted by Crippen LogP contribution is -2.06. The van der Waals surface area contributed by atoms with Crippen LogP contribution in [0.3, 0.4) is 0 Å². The van der Waals surface area contributed by atoms with Crippen LogP contribution in [0.5, 0.6) is 5.88 Å². The van der Waals surface area contributed by atoms with E-state index in [4.69, 9.17) is 4.74 Å². The van der Waals surface area contributed by atoms with Crippen molar-refractivity contribution in [2.24, 2.45) is 0 Å². The molecule has 0 spiro atoms. The number of methoxy groups -OCH3 is 1. The smallest absolute Gasteiger partial charge is 0.215 e. The molecule has 14 heavy (non-hydrogen) atoms. The van der Waals surface area contributed by atoms with E-state index in [-0.39, 0.29) is 0 Å². The average molecular weight is 192 g/mol. The van der Waals surface area contributed by atoms with Gasteiger partial charge in [-0.1, -0.05) is 0 Å². The predicted molar refractivity (Wildman–Crippen MR) is 53.2 cm³/mol. The van der Waals surface area contributed by atoms with E-state index in [9.17, 15) is 0 Å². The zero-order chi connectivity index (χ0) is 9.97. The Kier molecular flexibility index (Phi) is 2.32. The number of pyridine rings is 1. The summed E-state index contributed by atoms with van der Waals surface area (Å²) in [6.07, 6.45) is 0. The Bertz CT molecular complexity index is 437. The van der Waals surface area contributed by atoms with Crippen molar-refractivity contribution in [3.63, 3.8) is 0 Å². The monoisotopic (exact) mass is 192 g/mol. The van der Waals surface area contributed by atoms with Gasteiger partial charge in [-0.05, 0) is 13.1 Å². The van der Waals surface area contributed by atoms with Gasteiger partial charge in [-0.25, -0.2) is 4.98 Å². The van der Waals surface area contributed by atoms with Gasteiger partial charge in [-0.3, -0.25) is 0 Å². The second kappa shape index (κ2) is 3.63. The SMILES string of the molecule is CNCc1nc2nc(OC)ccc2[nH]1.